The number of aliphatic hydroxyl groups is 1. The molecule has 3 heterocycles. The number of ether oxygens (including phenoxy) is 1. The Balaban J connectivity index is 1.09. The summed E-state index contributed by atoms with van der Waals surface area (Å²) in [4.78, 5) is 59.4. The SMILES string of the molecule is C[C@@H]1[C@@H]([Si](C)(C)O)[C@H](CC(=O)N(CCO)Cc2ccccc2)O[C@@]12C(=O)N(Cc1ccc(N3C(=O)c4cccc5cccc3c45)cc1)c1ccc(Br)cc12. The predicted molar refractivity (Wildman–Crippen MR) is 215 cm³/mol. The molecule has 1 saturated heterocycles. The number of rotatable bonds is 10. The van der Waals surface area contributed by atoms with Gasteiger partial charge in [-0.2, -0.15) is 0 Å². The second kappa shape index (κ2) is 13.9. The van der Waals surface area contributed by atoms with E-state index in [0.717, 1.165) is 37.7 Å². The third-order valence-electron chi connectivity index (χ3n) is 11.4. The topological polar surface area (TPSA) is 111 Å². The molecule has 0 radical (unpaired) electrons. The number of halogens is 1. The first kappa shape index (κ1) is 36.3. The normalized spacial score (nSPS) is 21.8. The van der Waals surface area contributed by atoms with Gasteiger partial charge in [0, 0.05) is 45.7 Å². The number of benzene rings is 5. The van der Waals surface area contributed by atoms with E-state index in [1.807, 2.05) is 129 Å². The molecule has 0 aromatic heterocycles. The van der Waals surface area contributed by atoms with E-state index in [9.17, 15) is 24.3 Å². The molecular weight excluding hydrogens is 762 g/mol. The zero-order chi connectivity index (χ0) is 37.9. The van der Waals surface area contributed by atoms with Crippen LogP contribution in [0.4, 0.5) is 17.1 Å². The molecule has 276 valence electrons. The highest BCUT2D eigenvalue weighted by Gasteiger charge is 2.66. The van der Waals surface area contributed by atoms with Gasteiger partial charge in [0.1, 0.15) is 0 Å². The lowest BCUT2D eigenvalue weighted by Gasteiger charge is -2.32. The van der Waals surface area contributed by atoms with Gasteiger partial charge < -0.3 is 24.4 Å². The molecular formula is C43H42BrN3O6Si. The molecule has 8 rings (SSSR count). The fourth-order valence-electron chi connectivity index (χ4n) is 9.03. The van der Waals surface area contributed by atoms with Crippen LogP contribution >= 0.6 is 15.9 Å². The Labute approximate surface area is 324 Å². The van der Waals surface area contributed by atoms with Crippen LogP contribution in [0.25, 0.3) is 10.8 Å². The Hall–Kier alpha value is -4.65. The van der Waals surface area contributed by atoms with Gasteiger partial charge in [0.25, 0.3) is 11.8 Å². The number of aliphatic hydroxyl groups excluding tert-OH is 1. The van der Waals surface area contributed by atoms with E-state index in [1.54, 1.807) is 14.7 Å². The first-order valence-electron chi connectivity index (χ1n) is 18.3. The van der Waals surface area contributed by atoms with Crippen molar-refractivity contribution in [3.8, 4) is 0 Å². The average Bonchev–Trinajstić information content (AvgIpc) is 3.70. The highest BCUT2D eigenvalue weighted by Crippen LogP contribution is 2.60. The van der Waals surface area contributed by atoms with Gasteiger partial charge in [0.15, 0.2) is 13.9 Å². The van der Waals surface area contributed by atoms with Crippen LogP contribution in [-0.4, -0.2) is 60.1 Å². The van der Waals surface area contributed by atoms with E-state index in [0.29, 0.717) is 23.4 Å². The second-order valence-corrected chi connectivity index (χ2v) is 20.0. The van der Waals surface area contributed by atoms with Gasteiger partial charge >= 0.3 is 0 Å². The first-order valence-corrected chi connectivity index (χ1v) is 22.1. The molecule has 0 bridgehead atoms. The summed E-state index contributed by atoms with van der Waals surface area (Å²) in [5, 5.41) is 11.8. The van der Waals surface area contributed by atoms with Crippen molar-refractivity contribution in [2.75, 3.05) is 23.0 Å². The molecule has 1 fully saturated rings. The van der Waals surface area contributed by atoms with Gasteiger partial charge in [-0.3, -0.25) is 19.3 Å². The van der Waals surface area contributed by atoms with Crippen LogP contribution < -0.4 is 9.80 Å². The molecule has 9 nitrogen and oxygen atoms in total. The maximum atomic E-state index is 15.0. The monoisotopic (exact) mass is 803 g/mol. The smallest absolute Gasteiger partial charge is 0.264 e. The minimum Gasteiger partial charge on any atom is -0.432 e. The highest BCUT2D eigenvalue weighted by molar-refractivity contribution is 9.10. The summed E-state index contributed by atoms with van der Waals surface area (Å²) >= 11 is 3.62. The van der Waals surface area contributed by atoms with Crippen LogP contribution in [0.15, 0.2) is 114 Å². The molecule has 5 aromatic rings. The maximum Gasteiger partial charge on any atom is 0.264 e. The van der Waals surface area contributed by atoms with Crippen LogP contribution in [0.5, 0.6) is 0 Å². The number of fused-ring (bicyclic) bond motifs is 2. The van der Waals surface area contributed by atoms with Gasteiger partial charge in [-0.1, -0.05) is 89.6 Å². The summed E-state index contributed by atoms with van der Waals surface area (Å²) in [6.45, 7) is 6.19. The van der Waals surface area contributed by atoms with Gasteiger partial charge in [0.2, 0.25) is 5.91 Å². The summed E-state index contributed by atoms with van der Waals surface area (Å²) in [5.41, 5.74) is 3.63. The average molecular weight is 805 g/mol. The predicted octanol–water partition coefficient (Wildman–Crippen LogP) is 7.65. The van der Waals surface area contributed by atoms with Gasteiger partial charge in [-0.15, -0.1) is 0 Å². The molecule has 54 heavy (non-hydrogen) atoms. The largest absolute Gasteiger partial charge is 0.432 e. The maximum absolute atomic E-state index is 15.0. The Kier molecular flexibility index (Phi) is 9.34. The Morgan fingerprint density at radius 2 is 1.63 bits per heavy atom. The van der Waals surface area contributed by atoms with Crippen LogP contribution in [0.1, 0.15) is 40.4 Å². The molecule has 1 spiro atoms. The van der Waals surface area contributed by atoms with E-state index < -0.39 is 31.5 Å². The van der Waals surface area contributed by atoms with Crippen molar-refractivity contribution in [3.05, 3.63) is 136 Å². The van der Waals surface area contributed by atoms with Gasteiger partial charge in [-0.25, -0.2) is 0 Å². The van der Waals surface area contributed by atoms with E-state index in [4.69, 9.17) is 4.74 Å². The minimum atomic E-state index is -3.02. The summed E-state index contributed by atoms with van der Waals surface area (Å²) in [6.07, 6.45) is -0.761. The Morgan fingerprint density at radius 3 is 2.33 bits per heavy atom. The van der Waals surface area contributed by atoms with Crippen LogP contribution in [-0.2, 0) is 33.0 Å². The number of nitrogens with zero attached hydrogens (tertiary/aromatic N) is 3. The lowest BCUT2D eigenvalue weighted by molar-refractivity contribution is -0.150. The molecule has 4 atom stereocenters. The molecule has 2 N–H and O–H groups in total. The zero-order valence-corrected chi connectivity index (χ0v) is 33.0. The fraction of sp³-hybridized carbons (Fsp3) is 0.279. The van der Waals surface area contributed by atoms with E-state index in [1.165, 1.54) is 0 Å². The summed E-state index contributed by atoms with van der Waals surface area (Å²) in [5.74, 6) is -0.965. The number of anilines is 3. The van der Waals surface area contributed by atoms with Gasteiger partial charge in [0.05, 0.1) is 42.6 Å². The van der Waals surface area contributed by atoms with Crippen molar-refractivity contribution in [2.45, 2.75) is 56.8 Å². The molecule has 3 aliphatic heterocycles. The summed E-state index contributed by atoms with van der Waals surface area (Å²) in [7, 11) is -3.02. The Morgan fingerprint density at radius 1 is 0.907 bits per heavy atom. The standard InChI is InChI=1S/C43H42BrN3O6Si/c1-27-40(54(2,3)52)37(24-38(49)45(21-22-48)25-28-9-5-4-6-10-28)53-43(27)34-23-31(44)17-20-35(34)46(42(43)51)26-29-15-18-32(19-16-29)47-36-14-8-12-30-11-7-13-33(39(30)36)41(47)50/h4-20,23,27,37,40,48,52H,21-22,24-26H2,1-3H3/t27-,37+,40-,43+/m1/s1. The van der Waals surface area contributed by atoms with Crippen molar-refractivity contribution in [2.24, 2.45) is 5.92 Å². The number of amides is 3. The van der Waals surface area contributed by atoms with Crippen molar-refractivity contribution in [1.29, 1.82) is 0 Å². The molecule has 0 aliphatic carbocycles. The van der Waals surface area contributed by atoms with E-state index in [2.05, 4.69) is 15.9 Å². The molecule has 0 saturated carbocycles. The number of hydrogen-bond acceptors (Lipinski definition) is 6. The minimum absolute atomic E-state index is 0.0362. The van der Waals surface area contributed by atoms with E-state index in [-0.39, 0.29) is 43.8 Å². The summed E-state index contributed by atoms with van der Waals surface area (Å²) < 4.78 is 7.72. The second-order valence-electron chi connectivity index (χ2n) is 15.1. The van der Waals surface area contributed by atoms with Gasteiger partial charge in [-0.05, 0) is 72.1 Å². The zero-order valence-electron chi connectivity index (χ0n) is 30.4. The van der Waals surface area contributed by atoms with Crippen LogP contribution in [0.3, 0.4) is 0 Å². The Bertz CT molecular complexity index is 2270. The quantitative estimate of drug-likeness (QED) is 0.141. The van der Waals surface area contributed by atoms with E-state index >= 15 is 0 Å². The van der Waals surface area contributed by atoms with Crippen LogP contribution in [0.2, 0.25) is 18.6 Å². The molecule has 3 amide bonds. The number of carbonyl (C=O) groups is 3. The third kappa shape index (κ3) is 5.99. The summed E-state index contributed by atoms with van der Waals surface area (Å²) in [6, 6.07) is 34.8. The lowest BCUT2D eigenvalue weighted by atomic mass is 9.82. The first-order chi connectivity index (χ1) is 25.9. The number of carbonyl (C=O) groups excluding carboxylic acids is 3. The fourth-order valence-corrected chi connectivity index (χ4v) is 11.9. The molecule has 11 heteroatoms. The molecule has 3 aliphatic rings. The van der Waals surface area contributed by atoms with Crippen LogP contribution in [0, 0.1) is 5.92 Å². The number of hydrogen-bond donors (Lipinski definition) is 2. The molecule has 0 unspecified atom stereocenters. The van der Waals surface area contributed by atoms with Crippen molar-refractivity contribution >= 4 is 69.8 Å². The van der Waals surface area contributed by atoms with Crippen molar-refractivity contribution in [3.63, 3.8) is 0 Å². The van der Waals surface area contributed by atoms with Crippen molar-refractivity contribution in [1.82, 2.24) is 4.90 Å². The molecule has 5 aromatic carbocycles. The highest BCUT2D eigenvalue weighted by atomic mass is 79.9. The van der Waals surface area contributed by atoms with Crippen molar-refractivity contribution < 1.29 is 29.0 Å². The third-order valence-corrected chi connectivity index (χ3v) is 14.3. The lowest BCUT2D eigenvalue weighted by Crippen LogP contribution is -2.46.